The summed E-state index contributed by atoms with van der Waals surface area (Å²) < 4.78 is 32.0. The van der Waals surface area contributed by atoms with Crippen molar-refractivity contribution < 1.29 is 38.5 Å². The van der Waals surface area contributed by atoms with E-state index in [2.05, 4.69) is 35.7 Å². The third-order valence-corrected chi connectivity index (χ3v) is 7.23. The average Bonchev–Trinajstić information content (AvgIpc) is 3.05. The number of hydrogen-bond acceptors (Lipinski definition) is 14. The van der Waals surface area contributed by atoms with Gasteiger partial charge in [-0.3, -0.25) is 4.55 Å². The SMILES string of the molecule is Nc1cc(O)ccc1N=Nc1ccc(N=C(O)c2ccc(N=Nc3c(O)ccc(N=Nc4cc(S(=O)(=O)O)ccc4O)c3O)cc2)cc1. The van der Waals surface area contributed by atoms with Gasteiger partial charge in [0.05, 0.1) is 27.6 Å². The molecule has 0 aliphatic carbocycles. The summed E-state index contributed by atoms with van der Waals surface area (Å²) in [5.74, 6) is -1.77. The zero-order chi connectivity index (χ0) is 34.4. The maximum atomic E-state index is 11.4. The standard InChI is InChI=1S/C31H24N8O8S/c32-23-15-21(40)9-11-24(23)36-34-20-7-5-18(6-8-20)33-31(44)17-1-3-19(4-2-17)35-39-29-28(42)14-12-25(30(29)43)37-38-26-16-22(48(45,46)47)10-13-27(26)41/h1-16,40-43H,32H2,(H,33,44)(H,45,46,47). The van der Waals surface area contributed by atoms with Crippen LogP contribution in [0.25, 0.3) is 0 Å². The Kier molecular flexibility index (Phi) is 9.34. The van der Waals surface area contributed by atoms with Gasteiger partial charge in [0.25, 0.3) is 10.1 Å². The van der Waals surface area contributed by atoms with E-state index < -0.39 is 32.3 Å². The van der Waals surface area contributed by atoms with Crippen LogP contribution in [0.2, 0.25) is 0 Å². The van der Waals surface area contributed by atoms with E-state index in [4.69, 9.17) is 5.73 Å². The summed E-state index contributed by atoms with van der Waals surface area (Å²) in [6, 6.07) is 22.1. The highest BCUT2D eigenvalue weighted by Gasteiger charge is 2.15. The van der Waals surface area contributed by atoms with Gasteiger partial charge in [0.15, 0.2) is 11.4 Å². The largest absolute Gasteiger partial charge is 0.508 e. The molecule has 0 unspecified atom stereocenters. The number of aliphatic imine (C=N–C) groups is 1. The number of anilines is 1. The van der Waals surface area contributed by atoms with Crippen molar-refractivity contribution in [3.63, 3.8) is 0 Å². The molecule has 48 heavy (non-hydrogen) atoms. The number of benzene rings is 5. The van der Waals surface area contributed by atoms with Gasteiger partial charge in [-0.1, -0.05) is 0 Å². The number of nitrogen functional groups attached to an aromatic ring is 1. The fourth-order valence-electron chi connectivity index (χ4n) is 3.90. The lowest BCUT2D eigenvalue weighted by Gasteiger charge is -2.05. The van der Waals surface area contributed by atoms with Gasteiger partial charge in [-0.25, -0.2) is 4.99 Å². The van der Waals surface area contributed by atoms with Gasteiger partial charge in [-0.05, 0) is 91.0 Å². The number of nitrogens with zero attached hydrogens (tertiary/aromatic N) is 7. The van der Waals surface area contributed by atoms with Crippen molar-refractivity contribution in [1.29, 1.82) is 0 Å². The Balaban J connectivity index is 1.27. The van der Waals surface area contributed by atoms with Crippen LogP contribution in [0.15, 0.2) is 138 Å². The summed E-state index contributed by atoms with van der Waals surface area (Å²) >= 11 is 0. The van der Waals surface area contributed by atoms with E-state index in [1.54, 1.807) is 24.3 Å². The molecule has 0 bridgehead atoms. The molecule has 5 aromatic rings. The number of aromatic hydroxyl groups is 4. The molecular formula is C31H24N8O8S. The second-order valence-corrected chi connectivity index (χ2v) is 11.2. The summed E-state index contributed by atoms with van der Waals surface area (Å²) in [5, 5.41) is 74.3. The maximum Gasteiger partial charge on any atom is 0.294 e. The van der Waals surface area contributed by atoms with Crippen LogP contribution in [0, 0.1) is 0 Å². The van der Waals surface area contributed by atoms with Crippen LogP contribution in [0.4, 0.5) is 45.5 Å². The van der Waals surface area contributed by atoms with Gasteiger partial charge in [0.2, 0.25) is 5.90 Å². The van der Waals surface area contributed by atoms with Crippen LogP contribution in [0.1, 0.15) is 5.56 Å². The minimum Gasteiger partial charge on any atom is -0.508 e. The number of rotatable bonds is 9. The molecule has 16 nitrogen and oxygen atoms in total. The summed E-state index contributed by atoms with van der Waals surface area (Å²) in [4.78, 5) is 3.65. The molecule has 5 aromatic carbocycles. The number of hydrogen-bond donors (Lipinski definition) is 7. The summed E-state index contributed by atoms with van der Waals surface area (Å²) in [6.45, 7) is 0. The molecule has 0 spiro atoms. The van der Waals surface area contributed by atoms with Gasteiger partial charge >= 0.3 is 0 Å². The highest BCUT2D eigenvalue weighted by molar-refractivity contribution is 7.85. The van der Waals surface area contributed by atoms with Crippen molar-refractivity contribution in [1.82, 2.24) is 0 Å². The van der Waals surface area contributed by atoms with E-state index in [0.29, 0.717) is 22.6 Å². The molecule has 0 saturated carbocycles. The van der Waals surface area contributed by atoms with E-state index in [1.165, 1.54) is 48.5 Å². The molecule has 242 valence electrons. The van der Waals surface area contributed by atoms with Gasteiger partial charge in [-0.15, -0.1) is 20.5 Å². The Morgan fingerprint density at radius 1 is 0.583 bits per heavy atom. The van der Waals surface area contributed by atoms with Crippen LogP contribution in [-0.4, -0.2) is 44.4 Å². The lowest BCUT2D eigenvalue weighted by molar-refractivity contribution is 0.453. The fraction of sp³-hybridized carbons (Fsp3) is 0. The molecule has 0 aromatic heterocycles. The Labute approximate surface area is 271 Å². The van der Waals surface area contributed by atoms with Gasteiger partial charge in [-0.2, -0.15) is 18.6 Å². The zero-order valence-electron chi connectivity index (χ0n) is 24.4. The van der Waals surface area contributed by atoms with Gasteiger partial charge < -0.3 is 31.3 Å². The first-order valence-corrected chi connectivity index (χ1v) is 15.0. The third kappa shape index (κ3) is 7.91. The number of nitrogens with two attached hydrogens (primary N) is 1. The number of aliphatic hydroxyl groups excluding tert-OH is 1. The fourth-order valence-corrected chi connectivity index (χ4v) is 4.40. The molecule has 8 N–H and O–H groups in total. The quantitative estimate of drug-likeness (QED) is 0.0261. The number of phenols is 4. The minimum atomic E-state index is -4.57. The molecule has 0 saturated heterocycles. The van der Waals surface area contributed by atoms with Crippen molar-refractivity contribution >= 4 is 61.5 Å². The number of phenolic OH excluding ortho intramolecular Hbond substituents is 4. The molecule has 0 radical (unpaired) electrons. The topological polar surface area (TPSA) is 268 Å². The highest BCUT2D eigenvalue weighted by atomic mass is 32.2. The second-order valence-electron chi connectivity index (χ2n) is 9.77. The van der Waals surface area contributed by atoms with Crippen LogP contribution in [-0.2, 0) is 10.1 Å². The Morgan fingerprint density at radius 2 is 1.15 bits per heavy atom. The highest BCUT2D eigenvalue weighted by Crippen LogP contribution is 2.44. The molecular weight excluding hydrogens is 644 g/mol. The second kappa shape index (κ2) is 13.7. The van der Waals surface area contributed by atoms with Crippen LogP contribution < -0.4 is 5.73 Å². The predicted octanol–water partition coefficient (Wildman–Crippen LogP) is 8.22. The normalized spacial score (nSPS) is 12.4. The maximum absolute atomic E-state index is 11.4. The van der Waals surface area contributed by atoms with Crippen molar-refractivity contribution in [2.24, 2.45) is 35.7 Å². The van der Waals surface area contributed by atoms with Crippen LogP contribution in [0.3, 0.4) is 0 Å². The van der Waals surface area contributed by atoms with E-state index in [-0.39, 0.29) is 40.1 Å². The predicted molar refractivity (Wildman–Crippen MR) is 174 cm³/mol. The summed E-state index contributed by atoms with van der Waals surface area (Å²) in [6.07, 6.45) is 0. The molecule has 17 heteroatoms. The monoisotopic (exact) mass is 668 g/mol. The summed E-state index contributed by atoms with van der Waals surface area (Å²) in [5.41, 5.74) is 7.19. The first-order valence-electron chi connectivity index (χ1n) is 13.5. The smallest absolute Gasteiger partial charge is 0.294 e. The van der Waals surface area contributed by atoms with Crippen molar-refractivity contribution in [2.45, 2.75) is 4.90 Å². The minimum absolute atomic E-state index is 0.0207. The van der Waals surface area contributed by atoms with Crippen molar-refractivity contribution in [3.8, 4) is 23.0 Å². The average molecular weight is 669 g/mol. The van der Waals surface area contributed by atoms with Crippen LogP contribution >= 0.6 is 0 Å². The molecule has 0 heterocycles. The van der Waals surface area contributed by atoms with E-state index in [0.717, 1.165) is 24.3 Å². The molecule has 0 fully saturated rings. The lowest BCUT2D eigenvalue weighted by atomic mass is 10.2. The van der Waals surface area contributed by atoms with Crippen molar-refractivity contribution in [3.05, 3.63) is 103 Å². The number of aliphatic hydroxyl groups is 1. The number of azo groups is 3. The van der Waals surface area contributed by atoms with Crippen LogP contribution in [0.5, 0.6) is 23.0 Å². The Hall–Kier alpha value is -6.72. The Morgan fingerprint density at radius 3 is 1.81 bits per heavy atom. The van der Waals surface area contributed by atoms with E-state index in [1.807, 2.05) is 0 Å². The Bertz CT molecular complexity index is 2220. The molecule has 0 aliphatic rings. The summed E-state index contributed by atoms with van der Waals surface area (Å²) in [7, 11) is -4.57. The van der Waals surface area contributed by atoms with E-state index in [9.17, 15) is 38.5 Å². The first-order chi connectivity index (χ1) is 22.9. The molecule has 5 rings (SSSR count). The zero-order valence-corrected chi connectivity index (χ0v) is 25.2. The third-order valence-electron chi connectivity index (χ3n) is 6.38. The van der Waals surface area contributed by atoms with E-state index >= 15 is 0 Å². The molecule has 0 amide bonds. The van der Waals surface area contributed by atoms with Gasteiger partial charge in [0, 0.05) is 11.6 Å². The van der Waals surface area contributed by atoms with Gasteiger partial charge in [0.1, 0.15) is 34.3 Å². The molecule has 0 aliphatic heterocycles. The lowest BCUT2D eigenvalue weighted by Crippen LogP contribution is -1.97. The first kappa shape index (κ1) is 32.7. The molecule has 0 atom stereocenters. The van der Waals surface area contributed by atoms with Crippen molar-refractivity contribution in [2.75, 3.05) is 5.73 Å².